The molecular weight excluding hydrogens is 556 g/mol. The van der Waals surface area contributed by atoms with Crippen LogP contribution in [0.5, 0.6) is 0 Å². The van der Waals surface area contributed by atoms with Crippen molar-refractivity contribution in [1.29, 1.82) is 0 Å². The number of benzene rings is 1. The summed E-state index contributed by atoms with van der Waals surface area (Å²) < 4.78 is 32.1. The van der Waals surface area contributed by atoms with Crippen molar-refractivity contribution in [3.8, 4) is 0 Å². The molecule has 1 aromatic carbocycles. The molecule has 2 bridgehead atoms. The van der Waals surface area contributed by atoms with Crippen LogP contribution >= 0.6 is 0 Å². The molecule has 43 heavy (non-hydrogen) atoms. The van der Waals surface area contributed by atoms with Crippen LogP contribution in [0.3, 0.4) is 0 Å². The number of ketones is 1. The molecule has 4 rings (SSSR count). The minimum atomic E-state index is -1.79. The maximum Gasteiger partial charge on any atom is 0.191 e. The number of methoxy groups -OCH3 is 1. The molecule has 7 heteroatoms. The Balaban J connectivity index is 1.69. The number of ether oxygens (including phenoxy) is 4. The van der Waals surface area contributed by atoms with Crippen LogP contribution in [0.4, 0.5) is 0 Å². The molecule has 0 aromatic heterocycles. The van der Waals surface area contributed by atoms with E-state index in [4.69, 9.17) is 23.4 Å². The summed E-state index contributed by atoms with van der Waals surface area (Å²) in [6.45, 7) is 18.0. The Kier molecular flexibility index (Phi) is 11.8. The first kappa shape index (κ1) is 34.8. The monoisotopic (exact) mass is 616 g/mol. The highest BCUT2D eigenvalue weighted by atomic mass is 28.4. The molecular formula is C36H60O6Si. The molecule has 0 spiro atoms. The Morgan fingerprint density at radius 1 is 0.953 bits per heavy atom. The van der Waals surface area contributed by atoms with Crippen molar-refractivity contribution in [1.82, 2.24) is 0 Å². The zero-order valence-corrected chi connectivity index (χ0v) is 29.4. The first-order chi connectivity index (χ1) is 20.6. The predicted octanol–water partition coefficient (Wildman–Crippen LogP) is 8.39. The summed E-state index contributed by atoms with van der Waals surface area (Å²) in [5.74, 6) is 0.826. The van der Waals surface area contributed by atoms with Gasteiger partial charge in [0.1, 0.15) is 19.4 Å². The second kappa shape index (κ2) is 14.6. The van der Waals surface area contributed by atoms with Gasteiger partial charge >= 0.3 is 0 Å². The molecule has 244 valence electrons. The summed E-state index contributed by atoms with van der Waals surface area (Å²) in [5.41, 5.74) is 0.531. The van der Waals surface area contributed by atoms with Gasteiger partial charge in [-0.15, -0.1) is 0 Å². The minimum absolute atomic E-state index is 0.0481. The molecule has 0 radical (unpaired) electrons. The van der Waals surface area contributed by atoms with E-state index in [1.165, 1.54) is 0 Å². The van der Waals surface area contributed by atoms with E-state index in [2.05, 4.69) is 60.6 Å². The fourth-order valence-electron chi connectivity index (χ4n) is 9.55. The fraction of sp³-hybridized carbons (Fsp3) is 0.806. The second-order valence-electron chi connectivity index (χ2n) is 14.4. The summed E-state index contributed by atoms with van der Waals surface area (Å²) in [6, 6.07) is 13.7. The van der Waals surface area contributed by atoms with Crippen molar-refractivity contribution in [3.05, 3.63) is 35.9 Å². The van der Waals surface area contributed by atoms with E-state index in [0.717, 1.165) is 62.4 Å². The van der Waals surface area contributed by atoms with Gasteiger partial charge in [-0.3, -0.25) is 4.79 Å². The van der Waals surface area contributed by atoms with Gasteiger partial charge in [-0.05, 0) is 78.5 Å². The van der Waals surface area contributed by atoms with E-state index in [-0.39, 0.29) is 59.8 Å². The van der Waals surface area contributed by atoms with E-state index in [0.29, 0.717) is 18.8 Å². The maximum absolute atomic E-state index is 14.1. The molecule has 8 atom stereocenters. The lowest BCUT2D eigenvalue weighted by molar-refractivity contribution is -0.248. The molecule has 0 N–H and O–H groups in total. The third kappa shape index (κ3) is 6.59. The molecule has 3 saturated carbocycles. The van der Waals surface area contributed by atoms with Crippen LogP contribution in [-0.2, 0) is 34.8 Å². The van der Waals surface area contributed by atoms with Crippen LogP contribution in [-0.4, -0.2) is 53.6 Å². The number of carbonyl (C=O) groups is 1. The molecule has 1 aromatic rings. The van der Waals surface area contributed by atoms with Crippen LogP contribution in [0.25, 0.3) is 0 Å². The zero-order chi connectivity index (χ0) is 31.3. The standard InChI is InChI=1S/C36H60O6Si/c1-9-34(6)22-31(40-25-38-8)35(7)29(24-42-43(10-2,11-3)12-4)18-20-36(21-19-30(37)32(35)36)27(5)33(34)41-26-39-23-28-16-14-13-15-17-28/h13-17,27,29,31-33H,9-12,18-26H2,1-8H3/t27-,29+,31-,32?,33+,34-,35+,36+/m1/s1. The van der Waals surface area contributed by atoms with Gasteiger partial charge in [0.25, 0.3) is 0 Å². The Bertz CT molecular complexity index is 1020. The molecule has 6 nitrogen and oxygen atoms in total. The summed E-state index contributed by atoms with van der Waals surface area (Å²) in [5, 5.41) is 0. The third-order valence-electron chi connectivity index (χ3n) is 12.7. The Morgan fingerprint density at radius 2 is 1.65 bits per heavy atom. The highest BCUT2D eigenvalue weighted by Gasteiger charge is 2.69. The van der Waals surface area contributed by atoms with Crippen LogP contribution in [0.1, 0.15) is 92.6 Å². The Hall–Kier alpha value is -1.09. The molecule has 1 unspecified atom stereocenters. The van der Waals surface area contributed by atoms with E-state index in [1.807, 2.05) is 18.2 Å². The molecule has 0 aliphatic heterocycles. The van der Waals surface area contributed by atoms with Gasteiger partial charge in [0.15, 0.2) is 8.32 Å². The van der Waals surface area contributed by atoms with E-state index >= 15 is 0 Å². The molecule has 0 heterocycles. The van der Waals surface area contributed by atoms with Crippen LogP contribution < -0.4 is 0 Å². The largest absolute Gasteiger partial charge is 0.417 e. The number of rotatable bonds is 15. The van der Waals surface area contributed by atoms with Gasteiger partial charge in [-0.1, -0.05) is 78.8 Å². The van der Waals surface area contributed by atoms with Crippen LogP contribution in [0.2, 0.25) is 18.1 Å². The fourth-order valence-corrected chi connectivity index (χ4v) is 12.2. The Morgan fingerprint density at radius 3 is 2.28 bits per heavy atom. The predicted molar refractivity (Wildman–Crippen MR) is 174 cm³/mol. The summed E-state index contributed by atoms with van der Waals surface area (Å²) in [6.07, 6.45) is 5.25. The van der Waals surface area contributed by atoms with Gasteiger partial charge in [-0.25, -0.2) is 0 Å². The molecule has 0 amide bonds. The van der Waals surface area contributed by atoms with Crippen LogP contribution in [0, 0.1) is 34.0 Å². The molecule has 3 aliphatic rings. The summed E-state index contributed by atoms with van der Waals surface area (Å²) in [4.78, 5) is 14.1. The number of carbonyl (C=O) groups excluding carboxylic acids is 1. The average molecular weight is 617 g/mol. The topological polar surface area (TPSA) is 63.2 Å². The molecule has 3 aliphatic carbocycles. The third-order valence-corrected chi connectivity index (χ3v) is 17.4. The second-order valence-corrected chi connectivity index (χ2v) is 19.2. The first-order valence-electron chi connectivity index (χ1n) is 17.1. The van der Waals surface area contributed by atoms with Crippen molar-refractivity contribution in [2.45, 2.75) is 124 Å². The summed E-state index contributed by atoms with van der Waals surface area (Å²) in [7, 11) is -0.0922. The van der Waals surface area contributed by atoms with E-state index in [9.17, 15) is 4.79 Å². The summed E-state index contributed by atoms with van der Waals surface area (Å²) >= 11 is 0. The first-order valence-corrected chi connectivity index (χ1v) is 19.6. The molecule has 0 saturated heterocycles. The average Bonchev–Trinajstić information content (AvgIpc) is 3.38. The highest BCUT2D eigenvalue weighted by Crippen LogP contribution is 2.68. The zero-order valence-electron chi connectivity index (χ0n) is 28.4. The number of hydrogen-bond donors (Lipinski definition) is 0. The SMILES string of the molecule is CC[C@]1(C)C[C@@H](OCOC)[C@@]2(C)C3C(=O)CC[C@@]3(CC[C@H]2CO[Si](CC)(CC)CC)[C@H](C)[C@@H]1OCOCc1ccccc1. The highest BCUT2D eigenvalue weighted by molar-refractivity contribution is 6.73. The maximum atomic E-state index is 14.1. The van der Waals surface area contributed by atoms with Gasteiger partial charge in [-0.2, -0.15) is 0 Å². The van der Waals surface area contributed by atoms with Gasteiger partial charge < -0.3 is 23.4 Å². The Labute approximate surface area is 263 Å². The van der Waals surface area contributed by atoms with Gasteiger partial charge in [0, 0.05) is 31.5 Å². The lowest BCUT2D eigenvalue weighted by Crippen LogP contribution is -2.64. The molecule has 3 fully saturated rings. The van der Waals surface area contributed by atoms with Crippen molar-refractivity contribution < 1.29 is 28.2 Å². The van der Waals surface area contributed by atoms with Crippen molar-refractivity contribution >= 4 is 14.1 Å². The minimum Gasteiger partial charge on any atom is -0.417 e. The number of Topliss-reactive ketones (excluding diaryl/α,β-unsaturated/α-hetero) is 1. The smallest absolute Gasteiger partial charge is 0.191 e. The van der Waals surface area contributed by atoms with Crippen molar-refractivity contribution in [2.75, 3.05) is 27.3 Å². The van der Waals surface area contributed by atoms with Crippen molar-refractivity contribution in [3.63, 3.8) is 0 Å². The van der Waals surface area contributed by atoms with Crippen molar-refractivity contribution in [2.24, 2.45) is 34.0 Å². The quantitative estimate of drug-likeness (QED) is 0.112. The van der Waals surface area contributed by atoms with Crippen LogP contribution in [0.15, 0.2) is 30.3 Å². The van der Waals surface area contributed by atoms with Gasteiger partial charge in [0.05, 0.1) is 18.8 Å². The van der Waals surface area contributed by atoms with E-state index < -0.39 is 8.32 Å². The van der Waals surface area contributed by atoms with E-state index in [1.54, 1.807) is 7.11 Å². The number of hydrogen-bond acceptors (Lipinski definition) is 6. The lowest BCUT2D eigenvalue weighted by Gasteiger charge is -2.63. The normalized spacial score (nSPS) is 36.3. The van der Waals surface area contributed by atoms with Gasteiger partial charge in [0.2, 0.25) is 0 Å². The lowest BCUT2D eigenvalue weighted by atomic mass is 9.43.